The maximum absolute atomic E-state index is 12.9. The molecule has 1 aliphatic rings. The summed E-state index contributed by atoms with van der Waals surface area (Å²) in [6.07, 6.45) is -3.00. The van der Waals surface area contributed by atoms with Crippen LogP contribution >= 0.6 is 0 Å². The number of carbonyl (C=O) groups is 1. The minimum Gasteiger partial charge on any atom is -0.362 e. The average molecular weight is 433 g/mol. The molecule has 0 bridgehead atoms. The molecule has 1 aromatic carbocycles. The van der Waals surface area contributed by atoms with E-state index >= 15 is 0 Å². The van der Waals surface area contributed by atoms with Crippen molar-refractivity contribution in [3.8, 4) is 0 Å². The number of aryl methyl sites for hydroxylation is 1. The largest absolute Gasteiger partial charge is 0.416 e. The lowest BCUT2D eigenvalue weighted by Gasteiger charge is -2.35. The third kappa shape index (κ3) is 3.90. The van der Waals surface area contributed by atoms with Crippen molar-refractivity contribution in [1.29, 1.82) is 0 Å². The number of pyridine rings is 1. The lowest BCUT2D eigenvalue weighted by molar-refractivity contribution is -0.384. The van der Waals surface area contributed by atoms with Crippen LogP contribution in [0.3, 0.4) is 0 Å². The van der Waals surface area contributed by atoms with Gasteiger partial charge in [-0.1, -0.05) is 6.07 Å². The van der Waals surface area contributed by atoms with Crippen LogP contribution in [0.5, 0.6) is 0 Å². The molecule has 31 heavy (non-hydrogen) atoms. The van der Waals surface area contributed by atoms with Gasteiger partial charge in [-0.3, -0.25) is 14.9 Å². The Kier molecular flexibility index (Phi) is 5.03. The second-order valence-corrected chi connectivity index (χ2v) is 7.26. The van der Waals surface area contributed by atoms with Gasteiger partial charge in [0.15, 0.2) is 0 Å². The Bertz CT molecular complexity index is 1170. The van der Waals surface area contributed by atoms with E-state index in [-0.39, 0.29) is 37.8 Å². The van der Waals surface area contributed by atoms with Crippen LogP contribution in [0.4, 0.5) is 24.5 Å². The van der Waals surface area contributed by atoms with Crippen LogP contribution in [0.1, 0.15) is 21.7 Å². The fourth-order valence-corrected chi connectivity index (χ4v) is 3.68. The molecule has 3 heterocycles. The van der Waals surface area contributed by atoms with Gasteiger partial charge in [0.1, 0.15) is 17.0 Å². The molecule has 0 atom stereocenters. The molecule has 0 spiro atoms. The molecular weight excluding hydrogens is 415 g/mol. The minimum absolute atomic E-state index is 0.105. The van der Waals surface area contributed by atoms with E-state index in [9.17, 15) is 28.1 Å². The van der Waals surface area contributed by atoms with E-state index in [1.165, 1.54) is 0 Å². The quantitative estimate of drug-likeness (QED) is 0.466. The van der Waals surface area contributed by atoms with Crippen LogP contribution in [0.25, 0.3) is 5.65 Å². The predicted octanol–water partition coefficient (Wildman–Crippen LogP) is 3.53. The number of alkyl halides is 3. The number of nitrogens with zero attached hydrogens (tertiary/aromatic N) is 5. The van der Waals surface area contributed by atoms with Gasteiger partial charge in [0, 0.05) is 44.1 Å². The van der Waals surface area contributed by atoms with Gasteiger partial charge in [0.2, 0.25) is 0 Å². The first-order valence-corrected chi connectivity index (χ1v) is 9.50. The number of nitro benzene ring substituents is 1. The summed E-state index contributed by atoms with van der Waals surface area (Å²) < 4.78 is 40.6. The number of fused-ring (bicyclic) bond motifs is 1. The second kappa shape index (κ2) is 7.56. The van der Waals surface area contributed by atoms with Gasteiger partial charge in [-0.25, -0.2) is 4.98 Å². The minimum atomic E-state index is -4.67. The Morgan fingerprint density at radius 1 is 1.13 bits per heavy atom. The molecule has 1 amide bonds. The fourth-order valence-electron chi connectivity index (χ4n) is 3.68. The smallest absolute Gasteiger partial charge is 0.362 e. The molecule has 0 radical (unpaired) electrons. The number of nitro groups is 1. The standard InChI is InChI=1S/C20H18F3N5O3/c1-13-3-2-4-18-24-15(12-27(13)18)19(29)26-9-7-25(8-10-26)16-6-5-14(20(21,22)23)11-17(16)28(30)31/h2-6,11-12H,7-10H2,1H3. The molecular formula is C20H18F3N5O3. The summed E-state index contributed by atoms with van der Waals surface area (Å²) in [5, 5.41) is 11.4. The van der Waals surface area contributed by atoms with E-state index in [4.69, 9.17) is 0 Å². The molecule has 0 N–H and O–H groups in total. The van der Waals surface area contributed by atoms with Gasteiger partial charge in [-0.15, -0.1) is 0 Å². The summed E-state index contributed by atoms with van der Waals surface area (Å²) in [6.45, 7) is 2.95. The van der Waals surface area contributed by atoms with Gasteiger partial charge < -0.3 is 14.2 Å². The molecule has 0 unspecified atom stereocenters. The molecule has 4 rings (SSSR count). The van der Waals surface area contributed by atoms with Gasteiger partial charge in [0.25, 0.3) is 11.6 Å². The Labute approximate surface area is 174 Å². The third-order valence-corrected chi connectivity index (χ3v) is 5.32. The fraction of sp³-hybridized carbons (Fsp3) is 0.300. The molecule has 1 saturated heterocycles. The number of anilines is 1. The Morgan fingerprint density at radius 2 is 1.84 bits per heavy atom. The van der Waals surface area contributed by atoms with E-state index in [2.05, 4.69) is 4.98 Å². The van der Waals surface area contributed by atoms with Crippen LogP contribution in [-0.2, 0) is 6.18 Å². The third-order valence-electron chi connectivity index (χ3n) is 5.32. The number of benzene rings is 1. The van der Waals surface area contributed by atoms with Crippen molar-refractivity contribution < 1.29 is 22.9 Å². The van der Waals surface area contributed by atoms with E-state index in [0.717, 1.165) is 17.8 Å². The molecule has 1 fully saturated rings. The first kappa shape index (κ1) is 20.6. The van der Waals surface area contributed by atoms with Crippen molar-refractivity contribution >= 4 is 22.9 Å². The lowest BCUT2D eigenvalue weighted by Crippen LogP contribution is -2.49. The predicted molar refractivity (Wildman–Crippen MR) is 106 cm³/mol. The van der Waals surface area contributed by atoms with Crippen LogP contribution < -0.4 is 4.90 Å². The number of carbonyl (C=O) groups excluding carboxylic acids is 1. The second-order valence-electron chi connectivity index (χ2n) is 7.26. The molecule has 0 aliphatic carbocycles. The molecule has 1 aliphatic heterocycles. The zero-order valence-corrected chi connectivity index (χ0v) is 16.5. The summed E-state index contributed by atoms with van der Waals surface area (Å²) in [4.78, 5) is 31.0. The maximum atomic E-state index is 12.9. The lowest BCUT2D eigenvalue weighted by atomic mass is 10.1. The van der Waals surface area contributed by atoms with Crippen molar-refractivity contribution in [2.75, 3.05) is 31.1 Å². The molecule has 8 nitrogen and oxygen atoms in total. The first-order chi connectivity index (χ1) is 14.6. The van der Waals surface area contributed by atoms with E-state index in [1.54, 1.807) is 22.1 Å². The summed E-state index contributed by atoms with van der Waals surface area (Å²) >= 11 is 0. The highest BCUT2D eigenvalue weighted by Crippen LogP contribution is 2.36. The number of halogens is 3. The Balaban J connectivity index is 1.51. The van der Waals surface area contributed by atoms with Crippen molar-refractivity contribution in [1.82, 2.24) is 14.3 Å². The van der Waals surface area contributed by atoms with Crippen molar-refractivity contribution in [2.24, 2.45) is 0 Å². The number of rotatable bonds is 3. The first-order valence-electron chi connectivity index (χ1n) is 9.50. The number of imidazole rings is 1. The van der Waals surface area contributed by atoms with Crippen molar-refractivity contribution in [2.45, 2.75) is 13.1 Å². The molecule has 162 valence electrons. The van der Waals surface area contributed by atoms with Gasteiger partial charge >= 0.3 is 6.18 Å². The van der Waals surface area contributed by atoms with Crippen molar-refractivity contribution in [3.63, 3.8) is 0 Å². The van der Waals surface area contributed by atoms with Crippen LogP contribution in [-0.4, -0.2) is 51.3 Å². The Hall–Kier alpha value is -3.63. The SMILES string of the molecule is Cc1cccc2nc(C(=O)N3CCN(c4ccc(C(F)(F)F)cc4[N+](=O)[O-])CC3)cn12. The van der Waals surface area contributed by atoms with Gasteiger partial charge in [-0.05, 0) is 31.2 Å². The van der Waals surface area contributed by atoms with Crippen LogP contribution in [0.2, 0.25) is 0 Å². The zero-order valence-electron chi connectivity index (χ0n) is 16.5. The number of amides is 1. The highest BCUT2D eigenvalue weighted by molar-refractivity contribution is 5.93. The van der Waals surface area contributed by atoms with E-state index in [1.807, 2.05) is 23.5 Å². The molecule has 11 heteroatoms. The molecule has 0 saturated carbocycles. The Morgan fingerprint density at radius 3 is 2.45 bits per heavy atom. The maximum Gasteiger partial charge on any atom is 0.416 e. The van der Waals surface area contributed by atoms with Gasteiger partial charge in [0.05, 0.1) is 10.5 Å². The summed E-state index contributed by atoms with van der Waals surface area (Å²) in [7, 11) is 0. The monoisotopic (exact) mass is 433 g/mol. The average Bonchev–Trinajstić information content (AvgIpc) is 3.18. The van der Waals surface area contributed by atoms with E-state index < -0.39 is 22.4 Å². The zero-order chi connectivity index (χ0) is 22.3. The highest BCUT2D eigenvalue weighted by atomic mass is 19.4. The summed E-state index contributed by atoms with van der Waals surface area (Å²) in [6, 6.07) is 8.04. The number of hydrogen-bond acceptors (Lipinski definition) is 5. The topological polar surface area (TPSA) is 84.0 Å². The summed E-state index contributed by atoms with van der Waals surface area (Å²) in [5.74, 6) is -0.260. The van der Waals surface area contributed by atoms with E-state index in [0.29, 0.717) is 17.4 Å². The normalized spacial score (nSPS) is 14.8. The molecule has 2 aromatic heterocycles. The molecule has 3 aromatic rings. The number of piperazine rings is 1. The van der Waals surface area contributed by atoms with Gasteiger partial charge in [-0.2, -0.15) is 13.2 Å². The van der Waals surface area contributed by atoms with Crippen LogP contribution in [0, 0.1) is 17.0 Å². The summed E-state index contributed by atoms with van der Waals surface area (Å²) in [5.41, 5.74) is 0.312. The number of hydrogen-bond donors (Lipinski definition) is 0. The van der Waals surface area contributed by atoms with Crippen LogP contribution in [0.15, 0.2) is 42.6 Å². The highest BCUT2D eigenvalue weighted by Gasteiger charge is 2.34. The number of aromatic nitrogens is 2. The van der Waals surface area contributed by atoms with Crippen molar-refractivity contribution in [3.05, 3.63) is 69.7 Å².